The molecule has 132 valence electrons. The van der Waals surface area contributed by atoms with E-state index in [1.165, 1.54) is 5.56 Å². The predicted octanol–water partition coefficient (Wildman–Crippen LogP) is 1.31. The van der Waals surface area contributed by atoms with Gasteiger partial charge in [-0.15, -0.1) is 0 Å². The van der Waals surface area contributed by atoms with E-state index < -0.39 is 0 Å². The minimum Gasteiger partial charge on any atom is -0.374 e. The van der Waals surface area contributed by atoms with Crippen LogP contribution in [0.4, 0.5) is 0 Å². The summed E-state index contributed by atoms with van der Waals surface area (Å²) in [6, 6.07) is 13.6. The number of hydrogen-bond donors (Lipinski definition) is 2. The number of carbonyl (C=O) groups is 1. The highest BCUT2D eigenvalue weighted by atomic mass is 16.5. The molecule has 1 fully saturated rings. The molecule has 1 aromatic carbocycles. The Bertz CT molecular complexity index is 773. The number of morpholine rings is 1. The van der Waals surface area contributed by atoms with Gasteiger partial charge in [0.2, 0.25) is 0 Å². The molecule has 2 N–H and O–H groups in total. The molecule has 0 saturated carbocycles. The van der Waals surface area contributed by atoms with Crippen LogP contribution in [0.2, 0.25) is 0 Å². The van der Waals surface area contributed by atoms with Gasteiger partial charge in [0, 0.05) is 31.9 Å². The van der Waals surface area contributed by atoms with Gasteiger partial charge in [-0.25, -0.2) is 0 Å². The zero-order valence-corrected chi connectivity index (χ0v) is 14.3. The fourth-order valence-electron chi connectivity index (χ4n) is 2.94. The maximum Gasteiger partial charge on any atom is 0.260 e. The van der Waals surface area contributed by atoms with Gasteiger partial charge in [0.15, 0.2) is 0 Å². The minimum absolute atomic E-state index is 0.0778. The molecule has 25 heavy (non-hydrogen) atoms. The van der Waals surface area contributed by atoms with Crippen molar-refractivity contribution in [2.45, 2.75) is 19.6 Å². The van der Waals surface area contributed by atoms with Crippen LogP contribution in [-0.2, 0) is 11.3 Å². The highest BCUT2D eigenvalue weighted by Crippen LogP contribution is 2.10. The first-order chi connectivity index (χ1) is 12.1. The van der Waals surface area contributed by atoms with E-state index in [1.807, 2.05) is 18.2 Å². The first kappa shape index (κ1) is 17.4. The van der Waals surface area contributed by atoms with E-state index in [0.29, 0.717) is 13.2 Å². The van der Waals surface area contributed by atoms with Gasteiger partial charge in [0.05, 0.1) is 12.7 Å². The summed E-state index contributed by atoms with van der Waals surface area (Å²) in [6.07, 6.45) is -0.0778. The molecule has 2 aromatic rings. The van der Waals surface area contributed by atoms with Gasteiger partial charge >= 0.3 is 0 Å². The van der Waals surface area contributed by atoms with Crippen molar-refractivity contribution in [1.82, 2.24) is 15.2 Å². The molecule has 1 atom stereocenters. The van der Waals surface area contributed by atoms with Crippen LogP contribution < -0.4 is 10.9 Å². The van der Waals surface area contributed by atoms with Gasteiger partial charge in [0.25, 0.3) is 11.5 Å². The topological polar surface area (TPSA) is 74.4 Å². The molecular formula is C19H23N3O3. The van der Waals surface area contributed by atoms with E-state index >= 15 is 0 Å². The van der Waals surface area contributed by atoms with Gasteiger partial charge < -0.3 is 15.0 Å². The Labute approximate surface area is 146 Å². The smallest absolute Gasteiger partial charge is 0.260 e. The number of benzene rings is 1. The number of aromatic amines is 1. The van der Waals surface area contributed by atoms with Crippen LogP contribution in [-0.4, -0.2) is 48.1 Å². The van der Waals surface area contributed by atoms with Crippen LogP contribution in [0.1, 0.15) is 21.6 Å². The molecule has 1 saturated heterocycles. The molecule has 0 aliphatic carbocycles. The molecular weight excluding hydrogens is 318 g/mol. The molecule has 6 nitrogen and oxygen atoms in total. The summed E-state index contributed by atoms with van der Waals surface area (Å²) >= 11 is 0. The second kappa shape index (κ2) is 8.09. The third-order valence-corrected chi connectivity index (χ3v) is 4.26. The molecule has 1 aliphatic heterocycles. The number of nitrogens with one attached hydrogen (secondary N) is 2. The van der Waals surface area contributed by atoms with Crippen LogP contribution >= 0.6 is 0 Å². The second-order valence-corrected chi connectivity index (χ2v) is 6.31. The Kier molecular flexibility index (Phi) is 5.63. The van der Waals surface area contributed by atoms with E-state index in [2.05, 4.69) is 27.3 Å². The molecule has 6 heteroatoms. The van der Waals surface area contributed by atoms with Gasteiger partial charge in [0.1, 0.15) is 5.56 Å². The van der Waals surface area contributed by atoms with Crippen LogP contribution in [0.3, 0.4) is 0 Å². The summed E-state index contributed by atoms with van der Waals surface area (Å²) < 4.78 is 5.74. The number of H-pyrrole nitrogens is 1. The van der Waals surface area contributed by atoms with E-state index in [4.69, 9.17) is 4.74 Å². The molecule has 0 bridgehead atoms. The number of pyridine rings is 1. The molecule has 1 aromatic heterocycles. The lowest BCUT2D eigenvalue weighted by molar-refractivity contribution is -0.0292. The largest absolute Gasteiger partial charge is 0.374 e. The lowest BCUT2D eigenvalue weighted by atomic mass is 10.2. The minimum atomic E-state index is -0.370. The highest BCUT2D eigenvalue weighted by molar-refractivity contribution is 5.93. The van der Waals surface area contributed by atoms with Gasteiger partial charge in [-0.3, -0.25) is 14.5 Å². The third kappa shape index (κ3) is 4.78. The van der Waals surface area contributed by atoms with E-state index in [9.17, 15) is 9.59 Å². The van der Waals surface area contributed by atoms with Crippen molar-refractivity contribution in [3.05, 3.63) is 69.6 Å². The Hall–Kier alpha value is -2.44. The standard InChI is InChI=1S/C19H23N3O3/c1-14-7-8-17(19(24)21-14)18(23)20-11-16-13-22(9-10-25-16)12-15-5-3-2-4-6-15/h2-8,16H,9-13H2,1H3,(H,20,23)(H,21,24)/t16-/m0/s1. The molecule has 0 radical (unpaired) electrons. The lowest BCUT2D eigenvalue weighted by Gasteiger charge is -2.33. The molecule has 3 rings (SSSR count). The Balaban J connectivity index is 1.52. The summed E-state index contributed by atoms with van der Waals surface area (Å²) in [7, 11) is 0. The van der Waals surface area contributed by atoms with Gasteiger partial charge in [-0.05, 0) is 24.6 Å². The normalized spacial score (nSPS) is 18.0. The van der Waals surface area contributed by atoms with Crippen molar-refractivity contribution < 1.29 is 9.53 Å². The maximum atomic E-state index is 12.2. The zero-order valence-electron chi connectivity index (χ0n) is 14.3. The number of aryl methyl sites for hydroxylation is 1. The Morgan fingerprint density at radius 1 is 1.28 bits per heavy atom. The lowest BCUT2D eigenvalue weighted by Crippen LogP contribution is -2.47. The molecule has 2 heterocycles. The number of nitrogens with zero attached hydrogens (tertiary/aromatic N) is 1. The fraction of sp³-hybridized carbons (Fsp3) is 0.368. The van der Waals surface area contributed by atoms with Crippen molar-refractivity contribution in [3.8, 4) is 0 Å². The quantitative estimate of drug-likeness (QED) is 0.860. The van der Waals surface area contributed by atoms with Crippen LogP contribution in [0.15, 0.2) is 47.3 Å². The summed E-state index contributed by atoms with van der Waals surface area (Å²) in [6.45, 7) is 5.29. The van der Waals surface area contributed by atoms with Crippen LogP contribution in [0.5, 0.6) is 0 Å². The molecule has 0 unspecified atom stereocenters. The van der Waals surface area contributed by atoms with E-state index in [-0.39, 0.29) is 23.1 Å². The van der Waals surface area contributed by atoms with Crippen LogP contribution in [0.25, 0.3) is 0 Å². The number of aromatic nitrogens is 1. The first-order valence-corrected chi connectivity index (χ1v) is 8.48. The molecule has 1 aliphatic rings. The SMILES string of the molecule is Cc1ccc(C(=O)NC[C@H]2CN(Cc3ccccc3)CCO2)c(=O)[nH]1. The van der Waals surface area contributed by atoms with Crippen molar-refractivity contribution in [2.75, 3.05) is 26.2 Å². The van der Waals surface area contributed by atoms with Gasteiger partial charge in [-0.2, -0.15) is 0 Å². The maximum absolute atomic E-state index is 12.2. The number of hydrogen-bond acceptors (Lipinski definition) is 4. The third-order valence-electron chi connectivity index (χ3n) is 4.26. The van der Waals surface area contributed by atoms with Gasteiger partial charge in [-0.1, -0.05) is 30.3 Å². The summed E-state index contributed by atoms with van der Waals surface area (Å²) in [5, 5.41) is 2.80. The Morgan fingerprint density at radius 3 is 2.84 bits per heavy atom. The second-order valence-electron chi connectivity index (χ2n) is 6.31. The van der Waals surface area contributed by atoms with Crippen molar-refractivity contribution >= 4 is 5.91 Å². The van der Waals surface area contributed by atoms with Crippen molar-refractivity contribution in [3.63, 3.8) is 0 Å². The summed E-state index contributed by atoms with van der Waals surface area (Å²) in [5.74, 6) is -0.370. The van der Waals surface area contributed by atoms with Crippen LogP contribution in [0, 0.1) is 6.92 Å². The number of amides is 1. The van der Waals surface area contributed by atoms with E-state index in [1.54, 1.807) is 19.1 Å². The summed E-state index contributed by atoms with van der Waals surface area (Å²) in [4.78, 5) is 29.0. The highest BCUT2D eigenvalue weighted by Gasteiger charge is 2.21. The average molecular weight is 341 g/mol. The number of ether oxygens (including phenoxy) is 1. The molecule has 0 spiro atoms. The summed E-state index contributed by atoms with van der Waals surface area (Å²) in [5.41, 5.74) is 1.75. The van der Waals surface area contributed by atoms with Crippen molar-refractivity contribution in [2.24, 2.45) is 0 Å². The average Bonchev–Trinajstić information content (AvgIpc) is 2.61. The molecule has 1 amide bonds. The zero-order chi connectivity index (χ0) is 17.6. The first-order valence-electron chi connectivity index (χ1n) is 8.48. The fourth-order valence-corrected chi connectivity index (χ4v) is 2.94. The van der Waals surface area contributed by atoms with E-state index in [0.717, 1.165) is 25.3 Å². The predicted molar refractivity (Wildman–Crippen MR) is 95.6 cm³/mol. The Morgan fingerprint density at radius 2 is 2.08 bits per heavy atom. The monoisotopic (exact) mass is 341 g/mol. The number of carbonyl (C=O) groups excluding carboxylic acids is 1. The number of rotatable bonds is 5. The van der Waals surface area contributed by atoms with Crippen molar-refractivity contribution in [1.29, 1.82) is 0 Å².